The van der Waals surface area contributed by atoms with Crippen LogP contribution in [0.5, 0.6) is 0 Å². The van der Waals surface area contributed by atoms with Crippen LogP contribution in [0.25, 0.3) is 0 Å². The molecule has 0 saturated heterocycles. The van der Waals surface area contributed by atoms with Crippen LogP contribution in [0.4, 0.5) is 0 Å². The molecular formula is C19H30. The Morgan fingerprint density at radius 3 is 2.74 bits per heavy atom. The summed E-state index contributed by atoms with van der Waals surface area (Å²) in [6.07, 6.45) is 17.5. The van der Waals surface area contributed by atoms with E-state index in [1.807, 2.05) is 5.57 Å². The largest absolute Gasteiger partial charge is 0.0848 e. The zero-order chi connectivity index (χ0) is 13.1. The third-order valence-electron chi connectivity index (χ3n) is 7.81. The lowest BCUT2D eigenvalue weighted by Gasteiger charge is -2.57. The molecule has 0 aromatic rings. The van der Waals surface area contributed by atoms with E-state index in [-0.39, 0.29) is 0 Å². The highest BCUT2D eigenvalue weighted by Gasteiger charge is 2.55. The lowest BCUT2D eigenvalue weighted by molar-refractivity contribution is -0.0360. The molecule has 0 aromatic heterocycles. The summed E-state index contributed by atoms with van der Waals surface area (Å²) in [6.45, 7) is 5.25. The standard InChI is InChI=1S/C19H30/c1-18-11-5-7-16(18)15-9-8-14-6-3-4-12-19(14,2)17(15)10-13-18/h6,15-17H,3-5,7-13H2,1-2H3/t15-,16+,17+,18+,19+/m1/s1. The monoisotopic (exact) mass is 258 g/mol. The third kappa shape index (κ3) is 1.64. The first-order valence-corrected chi connectivity index (χ1v) is 8.83. The van der Waals surface area contributed by atoms with Crippen molar-refractivity contribution in [2.75, 3.05) is 0 Å². The predicted octanol–water partition coefficient (Wildman–Crippen LogP) is 5.73. The van der Waals surface area contributed by atoms with Crippen molar-refractivity contribution in [1.82, 2.24) is 0 Å². The first-order chi connectivity index (χ1) is 9.13. The van der Waals surface area contributed by atoms with Crippen LogP contribution in [0.15, 0.2) is 11.6 Å². The van der Waals surface area contributed by atoms with Crippen LogP contribution in [0.1, 0.15) is 78.1 Å². The Kier molecular flexibility index (Phi) is 2.71. The van der Waals surface area contributed by atoms with Crippen LogP contribution in [0.3, 0.4) is 0 Å². The van der Waals surface area contributed by atoms with Crippen LogP contribution in [0, 0.1) is 28.6 Å². The summed E-state index contributed by atoms with van der Waals surface area (Å²) in [5, 5.41) is 0. The minimum absolute atomic E-state index is 0.602. The van der Waals surface area contributed by atoms with Crippen molar-refractivity contribution in [3.05, 3.63) is 11.6 Å². The normalized spacial score (nSPS) is 52.9. The lowest BCUT2D eigenvalue weighted by Crippen LogP contribution is -2.48. The molecular weight excluding hydrogens is 228 g/mol. The zero-order valence-electron chi connectivity index (χ0n) is 12.9. The van der Waals surface area contributed by atoms with Crippen molar-refractivity contribution in [3.8, 4) is 0 Å². The van der Waals surface area contributed by atoms with Gasteiger partial charge in [-0.3, -0.25) is 0 Å². The molecule has 0 spiro atoms. The van der Waals surface area contributed by atoms with Gasteiger partial charge in [-0.25, -0.2) is 0 Å². The fraction of sp³-hybridized carbons (Fsp3) is 0.895. The second kappa shape index (κ2) is 4.12. The van der Waals surface area contributed by atoms with E-state index in [4.69, 9.17) is 0 Å². The molecule has 0 aromatic carbocycles. The molecule has 19 heavy (non-hydrogen) atoms. The van der Waals surface area contributed by atoms with Gasteiger partial charge in [0.15, 0.2) is 0 Å². The Balaban J connectivity index is 1.69. The van der Waals surface area contributed by atoms with Crippen LogP contribution < -0.4 is 0 Å². The highest BCUT2D eigenvalue weighted by Crippen LogP contribution is 2.65. The molecule has 4 aliphatic rings. The van der Waals surface area contributed by atoms with E-state index in [1.165, 1.54) is 57.8 Å². The Hall–Kier alpha value is -0.260. The van der Waals surface area contributed by atoms with Crippen molar-refractivity contribution >= 4 is 0 Å². The Morgan fingerprint density at radius 1 is 0.947 bits per heavy atom. The van der Waals surface area contributed by atoms with Crippen molar-refractivity contribution < 1.29 is 0 Å². The number of hydrogen-bond donors (Lipinski definition) is 0. The molecule has 3 fully saturated rings. The van der Waals surface area contributed by atoms with E-state index in [9.17, 15) is 0 Å². The van der Waals surface area contributed by atoms with E-state index in [1.54, 1.807) is 6.42 Å². The molecule has 0 amide bonds. The maximum atomic E-state index is 2.63. The van der Waals surface area contributed by atoms with Gasteiger partial charge in [-0.05, 0) is 86.4 Å². The van der Waals surface area contributed by atoms with Gasteiger partial charge in [0.1, 0.15) is 0 Å². The molecule has 0 nitrogen and oxygen atoms in total. The van der Waals surface area contributed by atoms with E-state index >= 15 is 0 Å². The van der Waals surface area contributed by atoms with E-state index in [0.717, 1.165) is 23.2 Å². The molecule has 5 atom stereocenters. The molecule has 0 heteroatoms. The topological polar surface area (TPSA) is 0 Å². The molecule has 0 bridgehead atoms. The maximum absolute atomic E-state index is 2.63. The van der Waals surface area contributed by atoms with Crippen LogP contribution >= 0.6 is 0 Å². The van der Waals surface area contributed by atoms with Crippen LogP contribution in [-0.2, 0) is 0 Å². The third-order valence-corrected chi connectivity index (χ3v) is 7.81. The summed E-state index contributed by atoms with van der Waals surface area (Å²) in [5.41, 5.74) is 3.19. The summed E-state index contributed by atoms with van der Waals surface area (Å²) in [4.78, 5) is 0. The molecule has 4 rings (SSSR count). The van der Waals surface area contributed by atoms with E-state index in [0.29, 0.717) is 5.41 Å². The quantitative estimate of drug-likeness (QED) is 0.487. The SMILES string of the molecule is C[C@@]12CCC[C@H]1[C@H]1CCC3=CCCC[C@]3(C)[C@H]1CC2. The smallest absolute Gasteiger partial charge is 0.00853 e. The maximum Gasteiger partial charge on any atom is -0.00853 e. The Morgan fingerprint density at radius 2 is 1.84 bits per heavy atom. The summed E-state index contributed by atoms with van der Waals surface area (Å²) in [7, 11) is 0. The molecule has 0 N–H and O–H groups in total. The van der Waals surface area contributed by atoms with Crippen LogP contribution in [0.2, 0.25) is 0 Å². The predicted molar refractivity (Wildman–Crippen MR) is 80.9 cm³/mol. The highest BCUT2D eigenvalue weighted by atomic mass is 14.6. The second-order valence-corrected chi connectivity index (χ2v) is 8.54. The minimum atomic E-state index is 0.602. The van der Waals surface area contributed by atoms with Gasteiger partial charge in [0.25, 0.3) is 0 Å². The van der Waals surface area contributed by atoms with Crippen molar-refractivity contribution in [2.45, 2.75) is 78.1 Å². The summed E-state index contributed by atoms with van der Waals surface area (Å²) >= 11 is 0. The number of hydrogen-bond acceptors (Lipinski definition) is 0. The average molecular weight is 258 g/mol. The highest BCUT2D eigenvalue weighted by molar-refractivity contribution is 5.23. The van der Waals surface area contributed by atoms with Gasteiger partial charge in [0.2, 0.25) is 0 Å². The summed E-state index contributed by atoms with van der Waals surface area (Å²) < 4.78 is 0. The lowest BCUT2D eigenvalue weighted by atomic mass is 9.47. The van der Waals surface area contributed by atoms with Crippen LogP contribution in [-0.4, -0.2) is 0 Å². The Bertz CT molecular complexity index is 406. The fourth-order valence-corrected chi connectivity index (χ4v) is 6.75. The molecule has 0 heterocycles. The Labute approximate surface area is 119 Å². The molecule has 0 radical (unpaired) electrons. The van der Waals surface area contributed by atoms with Crippen molar-refractivity contribution in [1.29, 1.82) is 0 Å². The van der Waals surface area contributed by atoms with Gasteiger partial charge in [-0.2, -0.15) is 0 Å². The average Bonchev–Trinajstić information content (AvgIpc) is 2.79. The molecule has 106 valence electrons. The number of allylic oxidation sites excluding steroid dienone is 2. The van der Waals surface area contributed by atoms with Gasteiger partial charge in [0.05, 0.1) is 0 Å². The summed E-state index contributed by atoms with van der Waals surface area (Å²) in [6, 6.07) is 0. The van der Waals surface area contributed by atoms with Gasteiger partial charge in [0, 0.05) is 0 Å². The van der Waals surface area contributed by atoms with Gasteiger partial charge in [-0.15, -0.1) is 0 Å². The van der Waals surface area contributed by atoms with E-state index in [2.05, 4.69) is 19.9 Å². The molecule has 4 aliphatic carbocycles. The zero-order valence-corrected chi connectivity index (χ0v) is 12.9. The second-order valence-electron chi connectivity index (χ2n) is 8.54. The minimum Gasteiger partial charge on any atom is -0.0848 e. The van der Waals surface area contributed by atoms with E-state index < -0.39 is 0 Å². The van der Waals surface area contributed by atoms with Gasteiger partial charge < -0.3 is 0 Å². The molecule has 0 aliphatic heterocycles. The van der Waals surface area contributed by atoms with Crippen molar-refractivity contribution in [3.63, 3.8) is 0 Å². The first-order valence-electron chi connectivity index (χ1n) is 8.83. The number of rotatable bonds is 0. The van der Waals surface area contributed by atoms with Gasteiger partial charge in [-0.1, -0.05) is 31.9 Å². The van der Waals surface area contributed by atoms with Gasteiger partial charge >= 0.3 is 0 Å². The fourth-order valence-electron chi connectivity index (χ4n) is 6.75. The van der Waals surface area contributed by atoms with Crippen molar-refractivity contribution in [2.24, 2.45) is 28.6 Å². The number of fused-ring (bicyclic) bond motifs is 5. The molecule has 3 saturated carbocycles. The molecule has 0 unspecified atom stereocenters. The first kappa shape index (κ1) is 12.5. The summed E-state index contributed by atoms with van der Waals surface area (Å²) in [5.74, 6) is 3.18.